The number of aromatic nitrogens is 1. The fourth-order valence-corrected chi connectivity index (χ4v) is 1.92. The second kappa shape index (κ2) is 3.46. The summed E-state index contributed by atoms with van der Waals surface area (Å²) >= 11 is 1.41. The van der Waals surface area contributed by atoms with Crippen LogP contribution in [0.2, 0.25) is 0 Å². The van der Waals surface area contributed by atoms with Crippen molar-refractivity contribution in [3.8, 4) is 10.6 Å². The number of benzene rings is 1. The van der Waals surface area contributed by atoms with Crippen LogP contribution in [0.15, 0.2) is 24.4 Å². The normalized spacial score (nSPS) is 10.5. The van der Waals surface area contributed by atoms with Gasteiger partial charge in [-0.3, -0.25) is 0 Å². The average Bonchev–Trinajstić information content (AvgIpc) is 2.50. The quantitative estimate of drug-likeness (QED) is 0.704. The van der Waals surface area contributed by atoms with Crippen LogP contribution < -0.4 is 0 Å². The molecule has 0 aliphatic carbocycles. The Balaban J connectivity index is 2.51. The molecule has 0 aliphatic rings. The van der Waals surface area contributed by atoms with Gasteiger partial charge in [0, 0.05) is 22.7 Å². The molecule has 0 spiro atoms. The number of aryl methyl sites for hydroxylation is 1. The minimum absolute atomic E-state index is 0.487. The molecule has 0 saturated carbocycles. The minimum Gasteiger partial charge on any atom is -0.244 e. The summed E-state index contributed by atoms with van der Waals surface area (Å²) in [5.41, 5.74) is 0.487. The molecule has 1 nitrogen and oxygen atoms in total. The zero-order valence-corrected chi connectivity index (χ0v) is 8.24. The summed E-state index contributed by atoms with van der Waals surface area (Å²) in [6, 6.07) is 3.41. The van der Waals surface area contributed by atoms with E-state index in [1.165, 1.54) is 23.5 Å². The molecule has 1 aromatic carbocycles. The van der Waals surface area contributed by atoms with E-state index in [0.29, 0.717) is 10.6 Å². The third kappa shape index (κ3) is 1.80. The molecular weight excluding hydrogens is 204 g/mol. The van der Waals surface area contributed by atoms with Gasteiger partial charge in [-0.1, -0.05) is 0 Å². The molecule has 1 heterocycles. The van der Waals surface area contributed by atoms with E-state index >= 15 is 0 Å². The van der Waals surface area contributed by atoms with Gasteiger partial charge < -0.3 is 0 Å². The highest BCUT2D eigenvalue weighted by molar-refractivity contribution is 7.14. The zero-order chi connectivity index (χ0) is 10.1. The van der Waals surface area contributed by atoms with E-state index in [-0.39, 0.29) is 0 Å². The first-order valence-corrected chi connectivity index (χ1v) is 4.86. The van der Waals surface area contributed by atoms with Crippen molar-refractivity contribution in [1.29, 1.82) is 0 Å². The van der Waals surface area contributed by atoms with Gasteiger partial charge in [-0.2, -0.15) is 0 Å². The summed E-state index contributed by atoms with van der Waals surface area (Å²) in [5, 5.41) is 0.640. The van der Waals surface area contributed by atoms with Gasteiger partial charge in [0.05, 0.1) is 0 Å². The van der Waals surface area contributed by atoms with Crippen LogP contribution >= 0.6 is 11.3 Å². The first kappa shape index (κ1) is 9.27. The van der Waals surface area contributed by atoms with Crippen LogP contribution in [-0.4, -0.2) is 4.98 Å². The van der Waals surface area contributed by atoms with E-state index in [0.717, 1.165) is 10.9 Å². The monoisotopic (exact) mass is 211 g/mol. The van der Waals surface area contributed by atoms with Crippen molar-refractivity contribution >= 4 is 11.3 Å². The Morgan fingerprint density at radius 1 is 1.14 bits per heavy atom. The van der Waals surface area contributed by atoms with Crippen LogP contribution in [0, 0.1) is 18.6 Å². The maximum absolute atomic E-state index is 12.9. The van der Waals surface area contributed by atoms with Crippen LogP contribution in [-0.2, 0) is 0 Å². The number of nitrogens with zero attached hydrogens (tertiary/aromatic N) is 1. The van der Waals surface area contributed by atoms with E-state index < -0.39 is 11.6 Å². The molecule has 0 amide bonds. The Hall–Kier alpha value is -1.29. The maximum atomic E-state index is 12.9. The summed E-state index contributed by atoms with van der Waals surface area (Å²) < 4.78 is 25.7. The number of hydrogen-bond donors (Lipinski definition) is 0. The SMILES string of the molecule is Cc1cnc(-c2cc(F)cc(F)c2)s1. The van der Waals surface area contributed by atoms with E-state index in [9.17, 15) is 8.78 Å². The smallest absolute Gasteiger partial charge is 0.126 e. The number of thiazole rings is 1. The van der Waals surface area contributed by atoms with E-state index in [1.54, 1.807) is 6.20 Å². The van der Waals surface area contributed by atoms with Gasteiger partial charge in [-0.05, 0) is 19.1 Å². The van der Waals surface area contributed by atoms with Gasteiger partial charge in [0.15, 0.2) is 0 Å². The van der Waals surface area contributed by atoms with Crippen molar-refractivity contribution in [3.05, 3.63) is 40.9 Å². The van der Waals surface area contributed by atoms with Crippen molar-refractivity contribution < 1.29 is 8.78 Å². The van der Waals surface area contributed by atoms with Crippen LogP contribution in [0.5, 0.6) is 0 Å². The summed E-state index contributed by atoms with van der Waals surface area (Å²) in [7, 11) is 0. The van der Waals surface area contributed by atoms with Crippen LogP contribution in [0.1, 0.15) is 4.88 Å². The van der Waals surface area contributed by atoms with Gasteiger partial charge in [-0.15, -0.1) is 11.3 Å². The summed E-state index contributed by atoms with van der Waals surface area (Å²) in [6.07, 6.45) is 1.68. The molecule has 4 heteroatoms. The first-order chi connectivity index (χ1) is 6.65. The average molecular weight is 211 g/mol. The predicted molar refractivity (Wildman–Crippen MR) is 52.2 cm³/mol. The van der Waals surface area contributed by atoms with Crippen LogP contribution in [0.3, 0.4) is 0 Å². The third-order valence-electron chi connectivity index (χ3n) is 1.73. The van der Waals surface area contributed by atoms with Crippen molar-refractivity contribution in [2.75, 3.05) is 0 Å². The van der Waals surface area contributed by atoms with Crippen LogP contribution in [0.25, 0.3) is 10.6 Å². The standard InChI is InChI=1S/C10H7F2NS/c1-6-5-13-10(14-6)7-2-8(11)4-9(12)3-7/h2-5H,1H3. The molecule has 1 aromatic heterocycles. The highest BCUT2D eigenvalue weighted by atomic mass is 32.1. The Bertz CT molecular complexity index is 445. The summed E-state index contributed by atoms with van der Waals surface area (Å²) in [5.74, 6) is -1.15. The van der Waals surface area contributed by atoms with Crippen molar-refractivity contribution in [1.82, 2.24) is 4.98 Å². The molecule has 0 aliphatic heterocycles. The van der Waals surface area contributed by atoms with Crippen LogP contribution in [0.4, 0.5) is 8.78 Å². The van der Waals surface area contributed by atoms with Gasteiger partial charge in [0.25, 0.3) is 0 Å². The summed E-state index contributed by atoms with van der Waals surface area (Å²) in [4.78, 5) is 5.07. The zero-order valence-electron chi connectivity index (χ0n) is 7.42. The Kier molecular flexibility index (Phi) is 2.29. The van der Waals surface area contributed by atoms with Gasteiger partial charge in [0.1, 0.15) is 16.6 Å². The number of rotatable bonds is 1. The molecule has 72 valence electrons. The van der Waals surface area contributed by atoms with Gasteiger partial charge in [-0.25, -0.2) is 13.8 Å². The highest BCUT2D eigenvalue weighted by Gasteiger charge is 2.05. The molecule has 0 atom stereocenters. The van der Waals surface area contributed by atoms with E-state index in [2.05, 4.69) is 4.98 Å². The second-order valence-corrected chi connectivity index (χ2v) is 4.17. The Labute approximate surface area is 84.0 Å². The van der Waals surface area contributed by atoms with Crippen molar-refractivity contribution in [3.63, 3.8) is 0 Å². The molecule has 2 aromatic rings. The molecule has 0 N–H and O–H groups in total. The molecule has 2 rings (SSSR count). The Morgan fingerprint density at radius 3 is 2.29 bits per heavy atom. The fraction of sp³-hybridized carbons (Fsp3) is 0.100. The van der Waals surface area contributed by atoms with E-state index in [4.69, 9.17) is 0 Å². The summed E-state index contributed by atoms with van der Waals surface area (Å²) in [6.45, 7) is 1.90. The van der Waals surface area contributed by atoms with Crippen molar-refractivity contribution in [2.24, 2.45) is 0 Å². The molecule has 14 heavy (non-hydrogen) atoms. The molecule has 0 radical (unpaired) electrons. The lowest BCUT2D eigenvalue weighted by atomic mass is 10.2. The number of hydrogen-bond acceptors (Lipinski definition) is 2. The predicted octanol–water partition coefficient (Wildman–Crippen LogP) is 3.40. The highest BCUT2D eigenvalue weighted by Crippen LogP contribution is 2.25. The van der Waals surface area contributed by atoms with Gasteiger partial charge in [0.2, 0.25) is 0 Å². The molecule has 0 saturated heterocycles. The van der Waals surface area contributed by atoms with Gasteiger partial charge >= 0.3 is 0 Å². The maximum Gasteiger partial charge on any atom is 0.126 e. The third-order valence-corrected chi connectivity index (χ3v) is 2.69. The lowest BCUT2D eigenvalue weighted by Gasteiger charge is -1.96. The molecule has 0 fully saturated rings. The lowest BCUT2D eigenvalue weighted by Crippen LogP contribution is -1.82. The fourth-order valence-electron chi connectivity index (χ4n) is 1.17. The molecule has 0 unspecified atom stereocenters. The Morgan fingerprint density at radius 2 is 1.79 bits per heavy atom. The van der Waals surface area contributed by atoms with Crippen molar-refractivity contribution in [2.45, 2.75) is 6.92 Å². The van der Waals surface area contributed by atoms with E-state index in [1.807, 2.05) is 6.92 Å². The minimum atomic E-state index is -0.576. The lowest BCUT2D eigenvalue weighted by molar-refractivity contribution is 0.584. The second-order valence-electron chi connectivity index (χ2n) is 2.93. The largest absolute Gasteiger partial charge is 0.244 e. The first-order valence-electron chi connectivity index (χ1n) is 4.04. The molecular formula is C10H7F2NS. The molecule has 0 bridgehead atoms. The topological polar surface area (TPSA) is 12.9 Å². The number of halogens is 2.